The summed E-state index contributed by atoms with van der Waals surface area (Å²) in [5, 5.41) is 15.1. The van der Waals surface area contributed by atoms with Gasteiger partial charge >= 0.3 is 0 Å². The standard InChI is InChI=1S/C14H30N2O2/c1-5-7-12(3)16-14(18)13(4)15-9-6-8-11(2)10-17/h11-13,15,17H,5-10H2,1-4H3,(H,16,18). The van der Waals surface area contributed by atoms with Crippen molar-refractivity contribution in [2.75, 3.05) is 13.2 Å². The predicted molar refractivity (Wildman–Crippen MR) is 75.5 cm³/mol. The Hall–Kier alpha value is -0.610. The first-order chi connectivity index (χ1) is 8.51. The van der Waals surface area contributed by atoms with Gasteiger partial charge in [0.05, 0.1) is 6.04 Å². The molecular weight excluding hydrogens is 228 g/mol. The topological polar surface area (TPSA) is 61.4 Å². The molecule has 18 heavy (non-hydrogen) atoms. The van der Waals surface area contributed by atoms with Crippen molar-refractivity contribution in [3.8, 4) is 0 Å². The van der Waals surface area contributed by atoms with Crippen LogP contribution in [0, 0.1) is 5.92 Å². The number of nitrogens with one attached hydrogen (secondary N) is 2. The van der Waals surface area contributed by atoms with Crippen molar-refractivity contribution in [1.29, 1.82) is 0 Å². The molecule has 0 aliphatic rings. The van der Waals surface area contributed by atoms with Crippen LogP contribution >= 0.6 is 0 Å². The van der Waals surface area contributed by atoms with Crippen molar-refractivity contribution in [3.63, 3.8) is 0 Å². The van der Waals surface area contributed by atoms with Crippen LogP contribution in [0.5, 0.6) is 0 Å². The van der Waals surface area contributed by atoms with Crippen LogP contribution in [0.4, 0.5) is 0 Å². The van der Waals surface area contributed by atoms with E-state index in [9.17, 15) is 4.79 Å². The summed E-state index contributed by atoms with van der Waals surface area (Å²) in [5.74, 6) is 0.423. The number of carbonyl (C=O) groups excluding carboxylic acids is 1. The van der Waals surface area contributed by atoms with E-state index in [1.54, 1.807) is 0 Å². The van der Waals surface area contributed by atoms with E-state index in [2.05, 4.69) is 17.6 Å². The third-order valence-electron chi connectivity index (χ3n) is 3.14. The maximum absolute atomic E-state index is 11.8. The van der Waals surface area contributed by atoms with Gasteiger partial charge in [-0.05, 0) is 45.6 Å². The van der Waals surface area contributed by atoms with E-state index in [1.807, 2.05) is 20.8 Å². The SMILES string of the molecule is CCCC(C)NC(=O)C(C)NCCCC(C)CO. The summed E-state index contributed by atoms with van der Waals surface area (Å²) in [4.78, 5) is 11.8. The Morgan fingerprint density at radius 3 is 2.44 bits per heavy atom. The van der Waals surface area contributed by atoms with Crippen LogP contribution < -0.4 is 10.6 Å². The minimum atomic E-state index is -0.145. The zero-order valence-electron chi connectivity index (χ0n) is 12.3. The van der Waals surface area contributed by atoms with Crippen LogP contribution in [0.1, 0.15) is 53.4 Å². The van der Waals surface area contributed by atoms with Crippen molar-refractivity contribution in [1.82, 2.24) is 10.6 Å². The van der Waals surface area contributed by atoms with E-state index in [0.29, 0.717) is 5.92 Å². The first-order valence-corrected chi connectivity index (χ1v) is 7.15. The van der Waals surface area contributed by atoms with Gasteiger partial charge in [-0.2, -0.15) is 0 Å². The number of hydrogen-bond donors (Lipinski definition) is 3. The minimum Gasteiger partial charge on any atom is -0.396 e. The molecule has 4 heteroatoms. The van der Waals surface area contributed by atoms with Gasteiger partial charge in [0.25, 0.3) is 0 Å². The molecule has 0 aliphatic heterocycles. The molecular formula is C14H30N2O2. The highest BCUT2D eigenvalue weighted by molar-refractivity contribution is 5.81. The molecule has 0 aromatic rings. The normalized spacial score (nSPS) is 16.1. The second-order valence-corrected chi connectivity index (χ2v) is 5.30. The molecule has 0 bridgehead atoms. The molecule has 0 aromatic carbocycles. The van der Waals surface area contributed by atoms with E-state index in [4.69, 9.17) is 5.11 Å². The fourth-order valence-corrected chi connectivity index (χ4v) is 1.83. The second kappa shape index (κ2) is 10.3. The van der Waals surface area contributed by atoms with Crippen LogP contribution in [0.2, 0.25) is 0 Å². The summed E-state index contributed by atoms with van der Waals surface area (Å²) in [6, 6.07) is 0.106. The highest BCUT2D eigenvalue weighted by Gasteiger charge is 2.13. The molecule has 3 unspecified atom stereocenters. The first-order valence-electron chi connectivity index (χ1n) is 7.15. The summed E-state index contributed by atoms with van der Waals surface area (Å²) >= 11 is 0. The molecule has 0 heterocycles. The van der Waals surface area contributed by atoms with Gasteiger partial charge in [0.1, 0.15) is 0 Å². The second-order valence-electron chi connectivity index (χ2n) is 5.30. The van der Waals surface area contributed by atoms with Crippen molar-refractivity contribution in [2.24, 2.45) is 5.92 Å². The summed E-state index contributed by atoms with van der Waals surface area (Å²) in [6.45, 7) is 9.14. The van der Waals surface area contributed by atoms with E-state index >= 15 is 0 Å². The summed E-state index contributed by atoms with van der Waals surface area (Å²) in [7, 11) is 0. The smallest absolute Gasteiger partial charge is 0.237 e. The highest BCUT2D eigenvalue weighted by Crippen LogP contribution is 2.03. The number of aliphatic hydroxyl groups excluding tert-OH is 1. The Kier molecular flexibility index (Phi) is 9.98. The molecule has 3 atom stereocenters. The first kappa shape index (κ1) is 17.4. The van der Waals surface area contributed by atoms with E-state index in [-0.39, 0.29) is 24.6 Å². The van der Waals surface area contributed by atoms with Gasteiger partial charge in [-0.25, -0.2) is 0 Å². The lowest BCUT2D eigenvalue weighted by Gasteiger charge is -2.18. The largest absolute Gasteiger partial charge is 0.396 e. The molecule has 0 aliphatic carbocycles. The van der Waals surface area contributed by atoms with Gasteiger partial charge < -0.3 is 15.7 Å². The molecule has 108 valence electrons. The van der Waals surface area contributed by atoms with Gasteiger partial charge in [-0.3, -0.25) is 4.79 Å². The molecule has 1 amide bonds. The fourth-order valence-electron chi connectivity index (χ4n) is 1.83. The molecule has 0 fully saturated rings. The molecule has 4 nitrogen and oxygen atoms in total. The summed E-state index contributed by atoms with van der Waals surface area (Å²) in [6.07, 6.45) is 4.09. The number of rotatable bonds is 10. The number of hydrogen-bond acceptors (Lipinski definition) is 3. The van der Waals surface area contributed by atoms with Crippen molar-refractivity contribution < 1.29 is 9.90 Å². The zero-order chi connectivity index (χ0) is 14.0. The third-order valence-corrected chi connectivity index (χ3v) is 3.14. The van der Waals surface area contributed by atoms with Crippen LogP contribution in [0.3, 0.4) is 0 Å². The lowest BCUT2D eigenvalue weighted by molar-refractivity contribution is -0.123. The molecule has 0 radical (unpaired) electrons. The van der Waals surface area contributed by atoms with E-state index in [0.717, 1.165) is 32.2 Å². The van der Waals surface area contributed by atoms with Gasteiger partial charge in [0, 0.05) is 12.6 Å². The van der Waals surface area contributed by atoms with E-state index < -0.39 is 0 Å². The Morgan fingerprint density at radius 2 is 1.89 bits per heavy atom. The predicted octanol–water partition coefficient (Wildman–Crippen LogP) is 1.68. The lowest BCUT2D eigenvalue weighted by atomic mass is 10.1. The average molecular weight is 258 g/mol. The Labute approximate surface area is 112 Å². The Morgan fingerprint density at radius 1 is 1.22 bits per heavy atom. The fraction of sp³-hybridized carbons (Fsp3) is 0.929. The minimum absolute atomic E-state index is 0.0751. The quantitative estimate of drug-likeness (QED) is 0.522. The maximum atomic E-state index is 11.8. The van der Waals surface area contributed by atoms with Gasteiger partial charge in [0.2, 0.25) is 5.91 Å². The van der Waals surface area contributed by atoms with Crippen molar-refractivity contribution in [3.05, 3.63) is 0 Å². The van der Waals surface area contributed by atoms with Gasteiger partial charge in [-0.15, -0.1) is 0 Å². The maximum Gasteiger partial charge on any atom is 0.237 e. The molecule has 3 N–H and O–H groups in total. The number of aliphatic hydroxyl groups is 1. The van der Waals surface area contributed by atoms with Crippen LogP contribution in [0.25, 0.3) is 0 Å². The van der Waals surface area contributed by atoms with Crippen LogP contribution in [0.15, 0.2) is 0 Å². The van der Waals surface area contributed by atoms with Gasteiger partial charge in [-0.1, -0.05) is 20.3 Å². The summed E-state index contributed by atoms with van der Waals surface area (Å²) in [5.41, 5.74) is 0. The zero-order valence-corrected chi connectivity index (χ0v) is 12.3. The monoisotopic (exact) mass is 258 g/mol. The molecule has 0 aromatic heterocycles. The number of amides is 1. The average Bonchev–Trinajstić information content (AvgIpc) is 2.34. The summed E-state index contributed by atoms with van der Waals surface area (Å²) < 4.78 is 0. The number of carbonyl (C=O) groups is 1. The van der Waals surface area contributed by atoms with Crippen molar-refractivity contribution in [2.45, 2.75) is 65.5 Å². The lowest BCUT2D eigenvalue weighted by Crippen LogP contribution is -2.45. The molecule has 0 saturated heterocycles. The molecule has 0 rings (SSSR count). The van der Waals surface area contributed by atoms with Crippen LogP contribution in [-0.2, 0) is 4.79 Å². The Balaban J connectivity index is 3.68. The van der Waals surface area contributed by atoms with Gasteiger partial charge in [0.15, 0.2) is 0 Å². The third kappa shape index (κ3) is 8.48. The van der Waals surface area contributed by atoms with Crippen LogP contribution in [-0.4, -0.2) is 36.2 Å². The molecule has 0 spiro atoms. The van der Waals surface area contributed by atoms with Crippen molar-refractivity contribution >= 4 is 5.91 Å². The Bertz CT molecular complexity index is 222. The van der Waals surface area contributed by atoms with E-state index in [1.165, 1.54) is 0 Å². The highest BCUT2D eigenvalue weighted by atomic mass is 16.3. The molecule has 0 saturated carbocycles.